The van der Waals surface area contributed by atoms with Gasteiger partial charge in [0.15, 0.2) is 5.69 Å². The zero-order valence-corrected chi connectivity index (χ0v) is 7.30. The molecule has 0 aromatic carbocycles. The van der Waals surface area contributed by atoms with E-state index in [4.69, 9.17) is 0 Å². The van der Waals surface area contributed by atoms with Gasteiger partial charge >= 0.3 is 5.69 Å². The summed E-state index contributed by atoms with van der Waals surface area (Å²) in [7, 11) is 3.09. The van der Waals surface area contributed by atoms with Crippen molar-refractivity contribution in [3.63, 3.8) is 0 Å². The minimum Gasteiger partial charge on any atom is -0.504 e. The number of hydrogen-bond acceptors (Lipinski definition) is 4. The fourth-order valence-electron chi connectivity index (χ4n) is 0.885. The molecular formula is C7H9N3O3. The van der Waals surface area contributed by atoms with Crippen molar-refractivity contribution >= 4 is 11.8 Å². The minimum absolute atomic E-state index is 0.0317. The number of nitrogens with zero attached hydrogens (tertiary/aromatic N) is 3. The number of hydrogen-bond donors (Lipinski definition) is 0. The summed E-state index contributed by atoms with van der Waals surface area (Å²) in [5.74, 6) is 0. The van der Waals surface area contributed by atoms with Crippen LogP contribution in [0.25, 0.3) is 6.08 Å². The Morgan fingerprint density at radius 2 is 2.46 bits per heavy atom. The van der Waals surface area contributed by atoms with Crippen molar-refractivity contribution in [1.82, 2.24) is 9.78 Å². The van der Waals surface area contributed by atoms with Crippen LogP contribution >= 0.6 is 0 Å². The maximum Gasteiger partial charge on any atom is 0.314 e. The van der Waals surface area contributed by atoms with E-state index < -0.39 is 4.92 Å². The van der Waals surface area contributed by atoms with Gasteiger partial charge in [0.05, 0.1) is 18.3 Å². The zero-order chi connectivity index (χ0) is 9.84. The Morgan fingerprint density at radius 3 is 3.00 bits per heavy atom. The van der Waals surface area contributed by atoms with E-state index in [9.17, 15) is 10.1 Å². The fourth-order valence-corrected chi connectivity index (χ4v) is 0.885. The van der Waals surface area contributed by atoms with Gasteiger partial charge in [-0.1, -0.05) is 0 Å². The number of nitro groups is 1. The Hall–Kier alpha value is -1.85. The van der Waals surface area contributed by atoms with Crippen molar-refractivity contribution in [3.05, 3.63) is 28.3 Å². The molecule has 13 heavy (non-hydrogen) atoms. The molecular weight excluding hydrogens is 174 g/mol. The van der Waals surface area contributed by atoms with Gasteiger partial charge in [-0.15, -0.1) is 0 Å². The van der Waals surface area contributed by atoms with Gasteiger partial charge in [0.1, 0.15) is 6.20 Å². The Bertz CT molecular complexity index is 343. The van der Waals surface area contributed by atoms with Gasteiger partial charge in [0, 0.05) is 13.1 Å². The van der Waals surface area contributed by atoms with Crippen LogP contribution in [0.2, 0.25) is 0 Å². The van der Waals surface area contributed by atoms with Crippen LogP contribution in [0.3, 0.4) is 0 Å². The summed E-state index contributed by atoms with van der Waals surface area (Å²) >= 11 is 0. The number of aromatic nitrogens is 2. The van der Waals surface area contributed by atoms with Crippen molar-refractivity contribution in [3.8, 4) is 0 Å². The minimum atomic E-state index is -0.484. The number of aryl methyl sites for hydroxylation is 1. The second-order valence-corrected chi connectivity index (χ2v) is 2.37. The molecule has 0 N–H and O–H groups in total. The Kier molecular flexibility index (Phi) is 2.63. The predicted octanol–water partition coefficient (Wildman–Crippen LogP) is 0.945. The molecule has 0 bridgehead atoms. The lowest BCUT2D eigenvalue weighted by molar-refractivity contribution is -0.385. The quantitative estimate of drug-likeness (QED) is 0.397. The van der Waals surface area contributed by atoms with Gasteiger partial charge in [-0.05, 0) is 0 Å². The Morgan fingerprint density at radius 1 is 1.77 bits per heavy atom. The average molecular weight is 183 g/mol. The van der Waals surface area contributed by atoms with E-state index in [-0.39, 0.29) is 11.4 Å². The van der Waals surface area contributed by atoms with Crippen LogP contribution in [0.15, 0.2) is 12.5 Å². The van der Waals surface area contributed by atoms with Gasteiger partial charge in [-0.3, -0.25) is 14.8 Å². The summed E-state index contributed by atoms with van der Waals surface area (Å²) in [4.78, 5) is 9.99. The third-order valence-corrected chi connectivity index (χ3v) is 1.40. The third kappa shape index (κ3) is 2.05. The van der Waals surface area contributed by atoms with Crippen LogP contribution in [-0.2, 0) is 11.8 Å². The van der Waals surface area contributed by atoms with Gasteiger partial charge in [-0.25, -0.2) is 0 Å². The Balaban J connectivity index is 3.04. The topological polar surface area (TPSA) is 70.2 Å². The average Bonchev–Trinajstić information content (AvgIpc) is 2.43. The van der Waals surface area contributed by atoms with Gasteiger partial charge in [0.2, 0.25) is 0 Å². The molecule has 1 rings (SSSR count). The van der Waals surface area contributed by atoms with Crippen LogP contribution in [0.1, 0.15) is 5.69 Å². The summed E-state index contributed by atoms with van der Waals surface area (Å²) in [5.41, 5.74) is 0.255. The van der Waals surface area contributed by atoms with Crippen LogP contribution < -0.4 is 0 Å². The number of methoxy groups -OCH3 is 1. The fraction of sp³-hybridized carbons (Fsp3) is 0.286. The maximum absolute atomic E-state index is 10.5. The SMILES string of the molecule is COC=Cc1nn(C)cc1[N+](=O)[O-]. The third-order valence-electron chi connectivity index (χ3n) is 1.40. The molecule has 0 spiro atoms. The number of ether oxygens (including phenoxy) is 1. The van der Waals surface area contributed by atoms with Crippen molar-refractivity contribution < 1.29 is 9.66 Å². The molecule has 1 heterocycles. The second-order valence-electron chi connectivity index (χ2n) is 2.37. The summed E-state index contributed by atoms with van der Waals surface area (Å²) in [6.45, 7) is 0. The molecule has 1 aromatic heterocycles. The molecule has 0 radical (unpaired) electrons. The van der Waals surface area contributed by atoms with E-state index >= 15 is 0 Å². The van der Waals surface area contributed by atoms with Crippen molar-refractivity contribution in [2.24, 2.45) is 7.05 Å². The molecule has 1 aromatic rings. The number of rotatable bonds is 3. The first-order chi connectivity index (χ1) is 6.15. The highest BCUT2D eigenvalue weighted by molar-refractivity contribution is 5.55. The molecule has 0 atom stereocenters. The van der Waals surface area contributed by atoms with Crippen LogP contribution in [0, 0.1) is 10.1 Å². The van der Waals surface area contributed by atoms with E-state index in [1.54, 1.807) is 7.05 Å². The van der Waals surface area contributed by atoms with Crippen molar-refractivity contribution in [2.75, 3.05) is 7.11 Å². The van der Waals surface area contributed by atoms with E-state index in [2.05, 4.69) is 9.84 Å². The van der Waals surface area contributed by atoms with E-state index in [1.807, 2.05) is 0 Å². The molecule has 0 aliphatic rings. The molecule has 0 aliphatic carbocycles. The molecule has 70 valence electrons. The maximum atomic E-state index is 10.5. The van der Waals surface area contributed by atoms with E-state index in [0.717, 1.165) is 0 Å². The molecule has 6 nitrogen and oxygen atoms in total. The first kappa shape index (κ1) is 9.24. The lowest BCUT2D eigenvalue weighted by atomic mass is 10.4. The first-order valence-corrected chi connectivity index (χ1v) is 3.52. The molecule has 0 aliphatic heterocycles. The van der Waals surface area contributed by atoms with E-state index in [1.165, 1.54) is 30.3 Å². The molecule has 6 heteroatoms. The second kappa shape index (κ2) is 3.70. The lowest BCUT2D eigenvalue weighted by Gasteiger charge is -1.86. The van der Waals surface area contributed by atoms with Crippen LogP contribution in [-0.4, -0.2) is 21.8 Å². The lowest BCUT2D eigenvalue weighted by Crippen LogP contribution is -1.88. The van der Waals surface area contributed by atoms with Crippen molar-refractivity contribution in [2.45, 2.75) is 0 Å². The van der Waals surface area contributed by atoms with E-state index in [0.29, 0.717) is 0 Å². The van der Waals surface area contributed by atoms with Crippen LogP contribution in [0.4, 0.5) is 5.69 Å². The summed E-state index contributed by atoms with van der Waals surface area (Å²) < 4.78 is 6.02. The highest BCUT2D eigenvalue weighted by atomic mass is 16.6. The highest BCUT2D eigenvalue weighted by Gasteiger charge is 2.15. The zero-order valence-electron chi connectivity index (χ0n) is 7.30. The standard InChI is InChI=1S/C7H9N3O3/c1-9-5-7(10(11)12)6(8-9)3-4-13-2/h3-5H,1-2H3. The van der Waals surface area contributed by atoms with Gasteiger partial charge < -0.3 is 4.74 Å². The smallest absolute Gasteiger partial charge is 0.314 e. The summed E-state index contributed by atoms with van der Waals surface area (Å²) in [5, 5.41) is 14.4. The molecule has 0 saturated heterocycles. The van der Waals surface area contributed by atoms with Gasteiger partial charge in [-0.2, -0.15) is 5.10 Å². The monoisotopic (exact) mass is 183 g/mol. The normalized spacial score (nSPS) is 10.6. The molecule has 0 saturated carbocycles. The van der Waals surface area contributed by atoms with Crippen LogP contribution in [0.5, 0.6) is 0 Å². The molecule has 0 fully saturated rings. The van der Waals surface area contributed by atoms with Crippen molar-refractivity contribution in [1.29, 1.82) is 0 Å². The van der Waals surface area contributed by atoms with Gasteiger partial charge in [0.25, 0.3) is 0 Å². The summed E-state index contributed by atoms with van der Waals surface area (Å²) in [6.07, 6.45) is 4.13. The highest BCUT2D eigenvalue weighted by Crippen LogP contribution is 2.16. The Labute approximate surface area is 74.6 Å². The first-order valence-electron chi connectivity index (χ1n) is 3.52. The summed E-state index contributed by atoms with van der Waals surface area (Å²) in [6, 6.07) is 0. The predicted molar refractivity (Wildman–Crippen MR) is 45.9 cm³/mol. The largest absolute Gasteiger partial charge is 0.504 e. The molecule has 0 amide bonds. The molecule has 0 unspecified atom stereocenters.